The van der Waals surface area contributed by atoms with Crippen molar-refractivity contribution >= 4 is 16.9 Å². The molecular formula is C19H27N4O. The van der Waals surface area contributed by atoms with Gasteiger partial charge in [-0.05, 0) is 57.3 Å². The number of benzene rings is 1. The van der Waals surface area contributed by atoms with Crippen LogP contribution in [0.5, 0.6) is 0 Å². The molecule has 1 radical (unpaired) electrons. The molecule has 3 rings (SSSR count). The van der Waals surface area contributed by atoms with Crippen molar-refractivity contribution in [1.29, 1.82) is 0 Å². The van der Waals surface area contributed by atoms with Crippen molar-refractivity contribution in [2.45, 2.75) is 32.2 Å². The van der Waals surface area contributed by atoms with Crippen molar-refractivity contribution in [1.82, 2.24) is 20.5 Å². The monoisotopic (exact) mass is 327 g/mol. The Morgan fingerprint density at radius 1 is 1.29 bits per heavy atom. The summed E-state index contributed by atoms with van der Waals surface area (Å²) in [6.45, 7) is 5.65. The van der Waals surface area contributed by atoms with Crippen LogP contribution in [0, 0.1) is 6.42 Å². The van der Waals surface area contributed by atoms with Crippen LogP contribution in [0.25, 0.3) is 10.9 Å². The summed E-state index contributed by atoms with van der Waals surface area (Å²) in [7, 11) is 0. The largest absolute Gasteiger partial charge is 0.361 e. The molecule has 2 aromatic rings. The summed E-state index contributed by atoms with van der Waals surface area (Å²) in [4.78, 5) is 17.8. The number of likely N-dealkylation sites (tertiary alicyclic amines) is 1. The van der Waals surface area contributed by atoms with Gasteiger partial charge in [0, 0.05) is 36.2 Å². The minimum absolute atomic E-state index is 0.0779. The zero-order valence-electron chi connectivity index (χ0n) is 14.3. The molecule has 1 aliphatic heterocycles. The number of piperidine rings is 1. The van der Waals surface area contributed by atoms with Crippen LogP contribution in [0.15, 0.2) is 30.5 Å². The zero-order valence-corrected chi connectivity index (χ0v) is 14.3. The molecule has 2 heterocycles. The van der Waals surface area contributed by atoms with E-state index in [2.05, 4.69) is 51.3 Å². The van der Waals surface area contributed by atoms with E-state index in [1.165, 1.54) is 10.9 Å². The lowest BCUT2D eigenvalue weighted by Crippen LogP contribution is -2.49. The van der Waals surface area contributed by atoms with E-state index in [-0.39, 0.29) is 12.1 Å². The molecule has 0 saturated carbocycles. The molecule has 0 aliphatic carbocycles. The number of aromatic nitrogens is 1. The summed E-state index contributed by atoms with van der Waals surface area (Å²) in [6.07, 6.45) is 7.53. The molecule has 1 saturated heterocycles. The van der Waals surface area contributed by atoms with E-state index < -0.39 is 0 Å². The fourth-order valence-corrected chi connectivity index (χ4v) is 3.42. The Kier molecular flexibility index (Phi) is 5.75. The maximum absolute atomic E-state index is 12.0. The highest BCUT2D eigenvalue weighted by molar-refractivity contribution is 5.83. The van der Waals surface area contributed by atoms with Gasteiger partial charge in [-0.1, -0.05) is 18.2 Å². The van der Waals surface area contributed by atoms with Crippen LogP contribution in [0.1, 0.15) is 25.3 Å². The maximum Gasteiger partial charge on any atom is 0.315 e. The Morgan fingerprint density at radius 3 is 2.88 bits per heavy atom. The topological polar surface area (TPSA) is 60.2 Å². The Morgan fingerprint density at radius 2 is 2.08 bits per heavy atom. The number of carbonyl (C=O) groups is 1. The Bertz CT molecular complexity index is 660. The number of hydrogen-bond acceptors (Lipinski definition) is 2. The molecule has 1 fully saturated rings. The summed E-state index contributed by atoms with van der Waals surface area (Å²) >= 11 is 0. The number of nitrogens with zero attached hydrogens (tertiary/aromatic N) is 1. The molecule has 0 spiro atoms. The lowest BCUT2D eigenvalue weighted by molar-refractivity contribution is 0.212. The number of H-pyrrole nitrogens is 1. The predicted octanol–water partition coefficient (Wildman–Crippen LogP) is 2.70. The van der Waals surface area contributed by atoms with Gasteiger partial charge in [-0.3, -0.25) is 0 Å². The lowest BCUT2D eigenvalue weighted by Gasteiger charge is -2.30. The minimum Gasteiger partial charge on any atom is -0.361 e. The Hall–Kier alpha value is -2.01. The van der Waals surface area contributed by atoms with Crippen LogP contribution < -0.4 is 10.6 Å². The number of nitrogens with one attached hydrogen (secondary N) is 3. The molecule has 1 unspecified atom stereocenters. The SMILES string of the molecule is CCNC(=O)NC(Cc1c[nH]c2ccccc12)CN1CC[CH]CC1. The van der Waals surface area contributed by atoms with Crippen molar-refractivity contribution in [3.8, 4) is 0 Å². The highest BCUT2D eigenvalue weighted by atomic mass is 16.2. The highest BCUT2D eigenvalue weighted by Crippen LogP contribution is 2.20. The lowest BCUT2D eigenvalue weighted by atomic mass is 10.0. The smallest absolute Gasteiger partial charge is 0.315 e. The number of para-hydroxylation sites is 1. The molecule has 5 nitrogen and oxygen atoms in total. The third-order valence-corrected chi connectivity index (χ3v) is 4.59. The molecule has 129 valence electrons. The number of hydrogen-bond donors (Lipinski definition) is 3. The van der Waals surface area contributed by atoms with Crippen molar-refractivity contribution in [3.05, 3.63) is 42.4 Å². The Balaban J connectivity index is 1.71. The van der Waals surface area contributed by atoms with E-state index in [1.807, 2.05) is 13.0 Å². The number of rotatable bonds is 6. The molecule has 0 bridgehead atoms. The van der Waals surface area contributed by atoms with Gasteiger partial charge in [-0.15, -0.1) is 0 Å². The molecule has 1 aliphatic rings. The number of amides is 2. The second kappa shape index (κ2) is 8.20. The minimum atomic E-state index is -0.0779. The van der Waals surface area contributed by atoms with E-state index in [4.69, 9.17) is 0 Å². The molecule has 3 N–H and O–H groups in total. The molecule has 2 amide bonds. The van der Waals surface area contributed by atoms with E-state index in [1.54, 1.807) is 0 Å². The fourth-order valence-electron chi connectivity index (χ4n) is 3.42. The van der Waals surface area contributed by atoms with Gasteiger partial charge in [0.1, 0.15) is 0 Å². The second-order valence-electron chi connectivity index (χ2n) is 6.43. The van der Waals surface area contributed by atoms with Crippen LogP contribution in [0.3, 0.4) is 0 Å². The van der Waals surface area contributed by atoms with Crippen LogP contribution in [-0.2, 0) is 6.42 Å². The van der Waals surface area contributed by atoms with Gasteiger partial charge in [-0.25, -0.2) is 4.79 Å². The summed E-state index contributed by atoms with van der Waals surface area (Å²) in [6, 6.07) is 8.36. The summed E-state index contributed by atoms with van der Waals surface area (Å²) in [5, 5.41) is 7.24. The van der Waals surface area contributed by atoms with Crippen LogP contribution in [0.4, 0.5) is 4.79 Å². The third kappa shape index (κ3) is 4.29. The first-order valence-corrected chi connectivity index (χ1v) is 8.89. The standard InChI is InChI=1S/C19H27N4O/c1-2-20-19(24)22-16(14-23-10-6-3-7-11-23)12-15-13-21-18-9-5-4-8-17(15)18/h3-5,8-9,13,16,21H,2,6-7,10-12,14H2,1H3,(H2,20,22,24). The zero-order chi connectivity index (χ0) is 16.8. The van der Waals surface area contributed by atoms with Gasteiger partial charge in [0.15, 0.2) is 0 Å². The van der Waals surface area contributed by atoms with Crippen LogP contribution in [0.2, 0.25) is 0 Å². The average Bonchev–Trinajstić information content (AvgIpc) is 2.99. The average molecular weight is 327 g/mol. The van der Waals surface area contributed by atoms with Gasteiger partial charge >= 0.3 is 6.03 Å². The molecule has 1 aromatic heterocycles. The van der Waals surface area contributed by atoms with E-state index in [0.29, 0.717) is 6.54 Å². The van der Waals surface area contributed by atoms with E-state index >= 15 is 0 Å². The van der Waals surface area contributed by atoms with E-state index in [9.17, 15) is 4.79 Å². The van der Waals surface area contributed by atoms with Crippen LogP contribution in [-0.4, -0.2) is 48.1 Å². The molecule has 1 atom stereocenters. The summed E-state index contributed by atoms with van der Waals surface area (Å²) < 4.78 is 0. The number of urea groups is 1. The fraction of sp³-hybridized carbons (Fsp3) is 0.474. The Labute approximate surface area is 143 Å². The van der Waals surface area contributed by atoms with Gasteiger partial charge in [0.05, 0.1) is 0 Å². The van der Waals surface area contributed by atoms with Crippen molar-refractivity contribution in [2.75, 3.05) is 26.2 Å². The first-order valence-electron chi connectivity index (χ1n) is 8.89. The second-order valence-corrected chi connectivity index (χ2v) is 6.43. The van der Waals surface area contributed by atoms with Gasteiger partial charge < -0.3 is 20.5 Å². The molecular weight excluding hydrogens is 300 g/mol. The molecule has 24 heavy (non-hydrogen) atoms. The quantitative estimate of drug-likeness (QED) is 0.764. The first-order chi connectivity index (χ1) is 11.8. The summed E-state index contributed by atoms with van der Waals surface area (Å²) in [5.74, 6) is 0. The molecule has 5 heteroatoms. The highest BCUT2D eigenvalue weighted by Gasteiger charge is 2.20. The summed E-state index contributed by atoms with van der Waals surface area (Å²) in [5.41, 5.74) is 2.41. The predicted molar refractivity (Wildman–Crippen MR) is 98.0 cm³/mol. The van der Waals surface area contributed by atoms with Crippen molar-refractivity contribution in [3.63, 3.8) is 0 Å². The number of carbonyl (C=O) groups excluding carboxylic acids is 1. The number of fused-ring (bicyclic) bond motifs is 1. The number of aromatic amines is 1. The first kappa shape index (κ1) is 16.8. The van der Waals surface area contributed by atoms with Gasteiger partial charge in [0.2, 0.25) is 0 Å². The van der Waals surface area contributed by atoms with Gasteiger partial charge in [0.25, 0.3) is 0 Å². The van der Waals surface area contributed by atoms with Crippen LogP contribution >= 0.6 is 0 Å². The maximum atomic E-state index is 12.0. The van der Waals surface area contributed by atoms with Crippen molar-refractivity contribution in [2.24, 2.45) is 0 Å². The molecule has 1 aromatic carbocycles. The van der Waals surface area contributed by atoms with E-state index in [0.717, 1.165) is 44.4 Å². The van der Waals surface area contributed by atoms with Crippen molar-refractivity contribution < 1.29 is 4.79 Å². The van der Waals surface area contributed by atoms with Gasteiger partial charge in [-0.2, -0.15) is 0 Å². The normalized spacial score (nSPS) is 16.9. The third-order valence-electron chi connectivity index (χ3n) is 4.59.